The minimum atomic E-state index is 0.134. The molecule has 0 saturated heterocycles. The quantitative estimate of drug-likeness (QED) is 0.848. The third-order valence-corrected chi connectivity index (χ3v) is 3.36. The predicted molar refractivity (Wildman–Crippen MR) is 85.6 cm³/mol. The van der Waals surface area contributed by atoms with Crippen molar-refractivity contribution >= 4 is 11.6 Å². The smallest absolute Gasteiger partial charge is 0.249 e. The predicted octanol–water partition coefficient (Wildman–Crippen LogP) is 4.02. The average molecular weight is 308 g/mol. The van der Waals surface area contributed by atoms with E-state index in [4.69, 9.17) is 16.0 Å². The molecule has 1 N–H and O–H groups in total. The molecule has 0 radical (unpaired) electrons. The van der Waals surface area contributed by atoms with Crippen LogP contribution in [0.2, 0.25) is 5.02 Å². The van der Waals surface area contributed by atoms with Crippen molar-refractivity contribution in [2.24, 2.45) is 0 Å². The molecule has 0 saturated carbocycles. The summed E-state index contributed by atoms with van der Waals surface area (Å²) in [5.41, 5.74) is 2.03. The normalized spacial score (nSPS) is 11.9. The molecule has 0 aliphatic rings. The number of nitrogens with zero attached hydrogens (tertiary/aromatic N) is 2. The Morgan fingerprint density at radius 1 is 1.24 bits per heavy atom. The second-order valence-corrected chi connectivity index (χ2v) is 6.67. The first-order chi connectivity index (χ1) is 9.85. The number of benzene rings is 1. The maximum Gasteiger partial charge on any atom is 0.249 e. The van der Waals surface area contributed by atoms with Crippen LogP contribution in [0.3, 0.4) is 0 Å². The van der Waals surface area contributed by atoms with Gasteiger partial charge in [-0.3, -0.25) is 0 Å². The molecule has 0 unspecified atom stereocenters. The van der Waals surface area contributed by atoms with Crippen molar-refractivity contribution in [3.05, 3.63) is 34.7 Å². The Hall–Kier alpha value is -1.39. The van der Waals surface area contributed by atoms with Crippen molar-refractivity contribution in [3.63, 3.8) is 0 Å². The lowest BCUT2D eigenvalue weighted by atomic mass is 10.1. The highest BCUT2D eigenvalue weighted by Gasteiger charge is 2.12. The van der Waals surface area contributed by atoms with Gasteiger partial charge in [-0.15, -0.1) is 10.2 Å². The van der Waals surface area contributed by atoms with Crippen LogP contribution in [0.1, 0.15) is 38.6 Å². The number of hydrogen-bond donors (Lipinski definition) is 1. The van der Waals surface area contributed by atoms with Gasteiger partial charge in [-0.2, -0.15) is 0 Å². The van der Waals surface area contributed by atoms with E-state index in [1.807, 2.05) is 25.1 Å². The van der Waals surface area contributed by atoms with Gasteiger partial charge in [0, 0.05) is 12.0 Å². The molecule has 0 amide bonds. The molecule has 1 heterocycles. The van der Waals surface area contributed by atoms with Gasteiger partial charge in [-0.25, -0.2) is 0 Å². The number of aryl methyl sites for hydroxylation is 2. The van der Waals surface area contributed by atoms with Crippen LogP contribution >= 0.6 is 11.6 Å². The molecule has 5 heteroatoms. The van der Waals surface area contributed by atoms with Gasteiger partial charge in [-0.05, 0) is 58.4 Å². The van der Waals surface area contributed by atoms with Crippen LogP contribution in [0.5, 0.6) is 0 Å². The van der Waals surface area contributed by atoms with Crippen LogP contribution in [0.15, 0.2) is 22.6 Å². The Balaban J connectivity index is 1.95. The highest BCUT2D eigenvalue weighted by Crippen LogP contribution is 2.27. The second kappa shape index (κ2) is 6.58. The van der Waals surface area contributed by atoms with Gasteiger partial charge in [0.15, 0.2) is 0 Å². The topological polar surface area (TPSA) is 51.0 Å². The Bertz CT molecular complexity index is 602. The minimum absolute atomic E-state index is 0.134. The highest BCUT2D eigenvalue weighted by molar-refractivity contribution is 6.33. The molecule has 1 aromatic carbocycles. The Morgan fingerprint density at radius 3 is 2.67 bits per heavy atom. The zero-order valence-corrected chi connectivity index (χ0v) is 13.8. The van der Waals surface area contributed by atoms with Gasteiger partial charge in [-0.1, -0.05) is 17.7 Å². The molecule has 21 heavy (non-hydrogen) atoms. The van der Waals surface area contributed by atoms with Crippen LogP contribution in [0.25, 0.3) is 11.5 Å². The lowest BCUT2D eigenvalue weighted by molar-refractivity contribution is 0.412. The third-order valence-electron chi connectivity index (χ3n) is 3.04. The first-order valence-electron chi connectivity index (χ1n) is 7.19. The van der Waals surface area contributed by atoms with Crippen LogP contribution in [-0.2, 0) is 6.42 Å². The SMILES string of the molecule is Cc1ccc(-c2nnc(CCCNC(C)(C)C)o2)c(Cl)c1. The summed E-state index contributed by atoms with van der Waals surface area (Å²) in [7, 11) is 0. The summed E-state index contributed by atoms with van der Waals surface area (Å²) in [5, 5.41) is 12.2. The molecule has 0 aliphatic heterocycles. The molecule has 4 nitrogen and oxygen atoms in total. The molecule has 0 fully saturated rings. The largest absolute Gasteiger partial charge is 0.421 e. The molecule has 2 rings (SSSR count). The summed E-state index contributed by atoms with van der Waals surface area (Å²) in [6.07, 6.45) is 1.72. The van der Waals surface area contributed by atoms with E-state index in [0.29, 0.717) is 16.8 Å². The van der Waals surface area contributed by atoms with E-state index in [2.05, 4.69) is 36.3 Å². The van der Waals surface area contributed by atoms with E-state index in [1.54, 1.807) is 0 Å². The summed E-state index contributed by atoms with van der Waals surface area (Å²) in [6, 6.07) is 5.79. The first kappa shape index (κ1) is 16.0. The van der Waals surface area contributed by atoms with Gasteiger partial charge in [0.2, 0.25) is 11.8 Å². The fourth-order valence-electron chi connectivity index (χ4n) is 1.96. The standard InChI is InChI=1S/C16H22ClN3O/c1-11-7-8-12(13(17)10-11)15-20-19-14(21-15)6-5-9-18-16(2,3)4/h7-8,10,18H,5-6,9H2,1-4H3. The van der Waals surface area contributed by atoms with E-state index in [0.717, 1.165) is 30.5 Å². The summed E-state index contributed by atoms with van der Waals surface area (Å²) >= 11 is 6.21. The zero-order valence-electron chi connectivity index (χ0n) is 13.0. The van der Waals surface area contributed by atoms with Crippen LogP contribution in [0.4, 0.5) is 0 Å². The van der Waals surface area contributed by atoms with Crippen molar-refractivity contribution in [1.82, 2.24) is 15.5 Å². The second-order valence-electron chi connectivity index (χ2n) is 6.26. The fourth-order valence-corrected chi connectivity index (χ4v) is 2.28. The highest BCUT2D eigenvalue weighted by atomic mass is 35.5. The number of halogens is 1. The summed E-state index contributed by atoms with van der Waals surface area (Å²) in [4.78, 5) is 0. The molecular formula is C16H22ClN3O. The summed E-state index contributed by atoms with van der Waals surface area (Å²) in [5.74, 6) is 1.14. The maximum atomic E-state index is 6.21. The van der Waals surface area contributed by atoms with Crippen molar-refractivity contribution in [2.45, 2.75) is 46.1 Å². The van der Waals surface area contributed by atoms with Gasteiger partial charge >= 0.3 is 0 Å². The Kier molecular flexibility index (Phi) is 5.01. The average Bonchev–Trinajstić information content (AvgIpc) is 2.82. The maximum absolute atomic E-state index is 6.21. The monoisotopic (exact) mass is 307 g/mol. The number of nitrogens with one attached hydrogen (secondary N) is 1. The Labute approximate surface area is 130 Å². The van der Waals surface area contributed by atoms with Gasteiger partial charge in [0.1, 0.15) is 0 Å². The number of hydrogen-bond acceptors (Lipinski definition) is 4. The fraction of sp³-hybridized carbons (Fsp3) is 0.500. The van der Waals surface area contributed by atoms with E-state index in [1.165, 1.54) is 0 Å². The third kappa shape index (κ3) is 4.83. The van der Waals surface area contributed by atoms with E-state index in [9.17, 15) is 0 Å². The molecule has 0 aliphatic carbocycles. The Morgan fingerprint density at radius 2 is 2.00 bits per heavy atom. The first-order valence-corrected chi connectivity index (χ1v) is 7.57. The van der Waals surface area contributed by atoms with E-state index >= 15 is 0 Å². The van der Waals surface area contributed by atoms with Crippen molar-refractivity contribution in [3.8, 4) is 11.5 Å². The lowest BCUT2D eigenvalue weighted by Gasteiger charge is -2.19. The number of aromatic nitrogens is 2. The number of rotatable bonds is 5. The molecular weight excluding hydrogens is 286 g/mol. The summed E-state index contributed by atoms with van der Waals surface area (Å²) < 4.78 is 5.69. The molecule has 0 spiro atoms. The van der Waals surface area contributed by atoms with Gasteiger partial charge in [0.25, 0.3) is 0 Å². The van der Waals surface area contributed by atoms with E-state index < -0.39 is 0 Å². The van der Waals surface area contributed by atoms with E-state index in [-0.39, 0.29) is 5.54 Å². The molecule has 114 valence electrons. The molecule has 0 bridgehead atoms. The van der Waals surface area contributed by atoms with Crippen LogP contribution in [0, 0.1) is 6.92 Å². The van der Waals surface area contributed by atoms with Crippen LogP contribution < -0.4 is 5.32 Å². The lowest BCUT2D eigenvalue weighted by Crippen LogP contribution is -2.36. The molecule has 1 aromatic heterocycles. The minimum Gasteiger partial charge on any atom is -0.421 e. The van der Waals surface area contributed by atoms with Crippen molar-refractivity contribution < 1.29 is 4.42 Å². The van der Waals surface area contributed by atoms with Crippen molar-refractivity contribution in [2.75, 3.05) is 6.54 Å². The van der Waals surface area contributed by atoms with Crippen molar-refractivity contribution in [1.29, 1.82) is 0 Å². The van der Waals surface area contributed by atoms with Crippen LogP contribution in [-0.4, -0.2) is 22.3 Å². The summed E-state index contributed by atoms with van der Waals surface area (Å²) in [6.45, 7) is 9.37. The molecule has 2 aromatic rings. The molecule has 0 atom stereocenters. The zero-order chi connectivity index (χ0) is 15.5. The van der Waals surface area contributed by atoms with Gasteiger partial charge < -0.3 is 9.73 Å². The van der Waals surface area contributed by atoms with Gasteiger partial charge in [0.05, 0.1) is 10.6 Å².